The van der Waals surface area contributed by atoms with Crippen molar-refractivity contribution in [1.29, 1.82) is 0 Å². The third-order valence-corrected chi connectivity index (χ3v) is 4.19. The van der Waals surface area contributed by atoms with E-state index in [0.29, 0.717) is 0 Å². The van der Waals surface area contributed by atoms with Crippen LogP contribution >= 0.6 is 15.9 Å². The molecule has 0 aliphatic carbocycles. The monoisotopic (exact) mass is 348 g/mol. The standard InChI is InChI=1S/C16H17BrN2O2/c1-18-14-7-16(10-5-11(17)9-19-8-10)21-15-4-3-12(20-2)6-13(14)15/h3-6,8-9,14,16,18H,7H2,1-2H3. The van der Waals surface area contributed by atoms with Crippen LogP contribution in [0.3, 0.4) is 0 Å². The first-order chi connectivity index (χ1) is 10.2. The van der Waals surface area contributed by atoms with Crippen LogP contribution in [0.25, 0.3) is 0 Å². The molecule has 1 aromatic carbocycles. The van der Waals surface area contributed by atoms with E-state index in [1.165, 1.54) is 0 Å². The van der Waals surface area contributed by atoms with E-state index in [-0.39, 0.29) is 12.1 Å². The van der Waals surface area contributed by atoms with Crippen LogP contribution in [-0.2, 0) is 0 Å². The molecule has 0 spiro atoms. The van der Waals surface area contributed by atoms with Gasteiger partial charge in [-0.2, -0.15) is 0 Å². The second kappa shape index (κ2) is 6.03. The topological polar surface area (TPSA) is 43.4 Å². The summed E-state index contributed by atoms with van der Waals surface area (Å²) in [4.78, 5) is 4.23. The summed E-state index contributed by atoms with van der Waals surface area (Å²) < 4.78 is 12.4. The van der Waals surface area contributed by atoms with E-state index in [4.69, 9.17) is 9.47 Å². The quantitative estimate of drug-likeness (QED) is 0.919. The lowest BCUT2D eigenvalue weighted by atomic mass is 9.93. The molecule has 1 aliphatic rings. The van der Waals surface area contributed by atoms with Gasteiger partial charge in [0.2, 0.25) is 0 Å². The van der Waals surface area contributed by atoms with Crippen LogP contribution in [0.4, 0.5) is 0 Å². The second-order valence-corrected chi connectivity index (χ2v) is 5.94. The van der Waals surface area contributed by atoms with E-state index in [1.54, 1.807) is 13.3 Å². The zero-order valence-corrected chi connectivity index (χ0v) is 13.6. The van der Waals surface area contributed by atoms with Gasteiger partial charge in [-0.05, 0) is 47.2 Å². The van der Waals surface area contributed by atoms with Gasteiger partial charge in [-0.15, -0.1) is 0 Å². The molecule has 4 nitrogen and oxygen atoms in total. The summed E-state index contributed by atoms with van der Waals surface area (Å²) in [6, 6.07) is 8.21. The highest BCUT2D eigenvalue weighted by Gasteiger charge is 2.29. The first-order valence-corrected chi connectivity index (χ1v) is 7.63. The van der Waals surface area contributed by atoms with E-state index in [0.717, 1.165) is 33.5 Å². The number of nitrogens with zero attached hydrogens (tertiary/aromatic N) is 1. The number of ether oxygens (including phenoxy) is 2. The maximum absolute atomic E-state index is 6.15. The van der Waals surface area contributed by atoms with Gasteiger partial charge in [-0.3, -0.25) is 4.98 Å². The van der Waals surface area contributed by atoms with E-state index in [2.05, 4.69) is 32.3 Å². The number of hydrogen-bond donors (Lipinski definition) is 1. The summed E-state index contributed by atoms with van der Waals surface area (Å²) in [6.45, 7) is 0. The number of benzene rings is 1. The minimum Gasteiger partial charge on any atom is -0.497 e. The van der Waals surface area contributed by atoms with Crippen LogP contribution in [0.15, 0.2) is 41.1 Å². The van der Waals surface area contributed by atoms with Gasteiger partial charge in [-0.1, -0.05) is 0 Å². The van der Waals surface area contributed by atoms with Gasteiger partial charge in [0, 0.05) is 40.5 Å². The van der Waals surface area contributed by atoms with Crippen LogP contribution in [0.2, 0.25) is 0 Å². The number of hydrogen-bond acceptors (Lipinski definition) is 4. The third-order valence-electron chi connectivity index (χ3n) is 3.76. The molecule has 1 aromatic heterocycles. The van der Waals surface area contributed by atoms with Gasteiger partial charge in [0.05, 0.1) is 7.11 Å². The minimum atomic E-state index is -0.00616. The molecule has 21 heavy (non-hydrogen) atoms. The fourth-order valence-electron chi connectivity index (χ4n) is 2.66. The van der Waals surface area contributed by atoms with E-state index >= 15 is 0 Å². The summed E-state index contributed by atoms with van der Waals surface area (Å²) in [5.74, 6) is 1.74. The van der Waals surface area contributed by atoms with E-state index in [9.17, 15) is 0 Å². The Morgan fingerprint density at radius 1 is 1.33 bits per heavy atom. The van der Waals surface area contributed by atoms with Crippen molar-refractivity contribution in [3.8, 4) is 11.5 Å². The zero-order valence-electron chi connectivity index (χ0n) is 12.0. The maximum Gasteiger partial charge on any atom is 0.127 e. The number of rotatable bonds is 3. The van der Waals surface area contributed by atoms with Crippen LogP contribution in [0, 0.1) is 0 Å². The molecule has 2 aromatic rings. The van der Waals surface area contributed by atoms with Crippen LogP contribution in [0.1, 0.15) is 29.7 Å². The molecule has 0 bridgehead atoms. The predicted molar refractivity (Wildman–Crippen MR) is 84.7 cm³/mol. The molecule has 2 atom stereocenters. The molecule has 5 heteroatoms. The Morgan fingerprint density at radius 3 is 2.90 bits per heavy atom. The van der Waals surface area contributed by atoms with Crippen molar-refractivity contribution in [2.75, 3.05) is 14.2 Å². The van der Waals surface area contributed by atoms with Crippen molar-refractivity contribution < 1.29 is 9.47 Å². The number of nitrogens with one attached hydrogen (secondary N) is 1. The largest absolute Gasteiger partial charge is 0.497 e. The Kier molecular flexibility index (Phi) is 4.12. The summed E-state index contributed by atoms with van der Waals surface area (Å²) in [7, 11) is 3.64. The number of halogens is 1. The van der Waals surface area contributed by atoms with Gasteiger partial charge < -0.3 is 14.8 Å². The van der Waals surface area contributed by atoms with E-state index < -0.39 is 0 Å². The molecule has 3 rings (SSSR count). The van der Waals surface area contributed by atoms with Crippen LogP contribution < -0.4 is 14.8 Å². The number of fused-ring (bicyclic) bond motifs is 1. The molecule has 1 N–H and O–H groups in total. The lowest BCUT2D eigenvalue weighted by molar-refractivity contribution is 0.153. The normalized spacial score (nSPS) is 20.5. The molecule has 0 amide bonds. The fraction of sp³-hybridized carbons (Fsp3) is 0.312. The summed E-state index contributed by atoms with van der Waals surface area (Å²) >= 11 is 3.46. The zero-order chi connectivity index (χ0) is 14.8. The molecule has 1 aliphatic heterocycles. The molecule has 0 fully saturated rings. The number of aromatic nitrogens is 1. The highest BCUT2D eigenvalue weighted by atomic mass is 79.9. The Hall–Kier alpha value is -1.59. The molecule has 0 saturated heterocycles. The van der Waals surface area contributed by atoms with Crippen molar-refractivity contribution in [3.05, 3.63) is 52.3 Å². The molecule has 2 heterocycles. The molecular formula is C16H17BrN2O2. The Balaban J connectivity index is 1.95. The van der Waals surface area contributed by atoms with Crippen LogP contribution in [0.5, 0.6) is 11.5 Å². The Labute approximate surface area is 132 Å². The van der Waals surface area contributed by atoms with Crippen molar-refractivity contribution in [2.45, 2.75) is 18.6 Å². The van der Waals surface area contributed by atoms with Crippen molar-refractivity contribution in [1.82, 2.24) is 10.3 Å². The molecule has 2 unspecified atom stereocenters. The lowest BCUT2D eigenvalue weighted by Crippen LogP contribution is -2.26. The Bertz CT molecular complexity index is 648. The smallest absolute Gasteiger partial charge is 0.127 e. The number of methoxy groups -OCH3 is 1. The fourth-order valence-corrected chi connectivity index (χ4v) is 3.04. The van der Waals surface area contributed by atoms with Crippen molar-refractivity contribution in [3.63, 3.8) is 0 Å². The van der Waals surface area contributed by atoms with Gasteiger partial charge in [0.15, 0.2) is 0 Å². The van der Waals surface area contributed by atoms with Gasteiger partial charge >= 0.3 is 0 Å². The summed E-state index contributed by atoms with van der Waals surface area (Å²) in [5.41, 5.74) is 2.21. The molecular weight excluding hydrogens is 332 g/mol. The average molecular weight is 349 g/mol. The summed E-state index contributed by atoms with van der Waals surface area (Å²) in [5, 5.41) is 3.36. The first-order valence-electron chi connectivity index (χ1n) is 6.83. The SMILES string of the molecule is CNC1CC(c2cncc(Br)c2)Oc2ccc(OC)cc21. The van der Waals surface area contributed by atoms with Crippen molar-refractivity contribution in [2.24, 2.45) is 0 Å². The molecule has 110 valence electrons. The van der Waals surface area contributed by atoms with Gasteiger partial charge in [-0.25, -0.2) is 0 Å². The Morgan fingerprint density at radius 2 is 2.19 bits per heavy atom. The van der Waals surface area contributed by atoms with E-state index in [1.807, 2.05) is 31.4 Å². The summed E-state index contributed by atoms with van der Waals surface area (Å²) in [6.07, 6.45) is 4.49. The first kappa shape index (κ1) is 14.4. The molecule has 0 radical (unpaired) electrons. The highest BCUT2D eigenvalue weighted by molar-refractivity contribution is 9.10. The van der Waals surface area contributed by atoms with Crippen LogP contribution in [-0.4, -0.2) is 19.1 Å². The maximum atomic E-state index is 6.15. The lowest BCUT2D eigenvalue weighted by Gasteiger charge is -2.32. The van der Waals surface area contributed by atoms with Crippen molar-refractivity contribution >= 4 is 15.9 Å². The second-order valence-electron chi connectivity index (χ2n) is 5.02. The predicted octanol–water partition coefficient (Wildman–Crippen LogP) is 3.64. The van der Waals surface area contributed by atoms with Gasteiger partial charge in [0.25, 0.3) is 0 Å². The third kappa shape index (κ3) is 2.89. The average Bonchev–Trinajstić information content (AvgIpc) is 2.53. The minimum absolute atomic E-state index is 0.00616. The number of pyridine rings is 1. The highest BCUT2D eigenvalue weighted by Crippen LogP contribution is 2.42. The molecule has 0 saturated carbocycles. The van der Waals surface area contributed by atoms with Gasteiger partial charge in [0.1, 0.15) is 17.6 Å².